The summed E-state index contributed by atoms with van der Waals surface area (Å²) in [4.78, 5) is 39.7. The van der Waals surface area contributed by atoms with Gasteiger partial charge in [-0.2, -0.15) is 0 Å². The molecular weight excluding hydrogens is 549 g/mol. The number of nitrogens with zero attached hydrogens (tertiary/aromatic N) is 4. The lowest BCUT2D eigenvalue weighted by Crippen LogP contribution is -2.65. The fourth-order valence-corrected chi connectivity index (χ4v) is 5.63. The van der Waals surface area contributed by atoms with Crippen LogP contribution in [-0.4, -0.2) is 77.6 Å². The highest BCUT2D eigenvalue weighted by atomic mass is 19.1. The van der Waals surface area contributed by atoms with Gasteiger partial charge in [0, 0.05) is 63.3 Å². The maximum Gasteiger partial charge on any atom is 0.244 e. The van der Waals surface area contributed by atoms with Crippen LogP contribution < -0.4 is 10.1 Å². The Morgan fingerprint density at radius 1 is 1.07 bits per heavy atom. The number of halogens is 1. The molecule has 3 aromatic rings. The largest absolute Gasteiger partial charge is 0.494 e. The standard InChI is InChI=1S/C33H42FN5O4/c1-21(2)33(41)39-23(4)19-38(26(14-17-42-5)31-29(34)22(3)13-16-36-31)20-27(39)32(40)37-18-24-9-11-25(12-10-24)30-28(43-6)8-7-15-35-30/h7-13,15-16,21,23,26-27H,14,17-20H2,1-6H3,(H,37,40)/t23-,26-,27-/m1/s1. The average Bonchev–Trinajstić information content (AvgIpc) is 3.01. The zero-order chi connectivity index (χ0) is 31.1. The van der Waals surface area contributed by atoms with E-state index in [0.717, 1.165) is 16.8 Å². The van der Waals surface area contributed by atoms with Crippen LogP contribution in [0.5, 0.6) is 5.75 Å². The van der Waals surface area contributed by atoms with Gasteiger partial charge >= 0.3 is 0 Å². The summed E-state index contributed by atoms with van der Waals surface area (Å²) in [7, 11) is 3.22. The number of aromatic nitrogens is 2. The van der Waals surface area contributed by atoms with E-state index < -0.39 is 12.1 Å². The van der Waals surface area contributed by atoms with Crippen molar-refractivity contribution in [2.45, 2.75) is 58.8 Å². The summed E-state index contributed by atoms with van der Waals surface area (Å²) < 4.78 is 26.1. The zero-order valence-corrected chi connectivity index (χ0v) is 25.8. The molecule has 230 valence electrons. The number of hydrogen-bond donors (Lipinski definition) is 1. The molecule has 1 aromatic carbocycles. The first kappa shape index (κ1) is 32.0. The number of benzene rings is 1. The van der Waals surface area contributed by atoms with Crippen LogP contribution in [0.1, 0.15) is 50.1 Å². The number of nitrogens with one attached hydrogen (secondary N) is 1. The summed E-state index contributed by atoms with van der Waals surface area (Å²) in [5.74, 6) is -0.303. The van der Waals surface area contributed by atoms with Gasteiger partial charge in [0.05, 0.1) is 18.8 Å². The van der Waals surface area contributed by atoms with Crippen molar-refractivity contribution >= 4 is 11.8 Å². The molecular formula is C33H42FN5O4. The summed E-state index contributed by atoms with van der Waals surface area (Å²) in [5.41, 5.74) is 3.38. The van der Waals surface area contributed by atoms with Gasteiger partial charge in [0.25, 0.3) is 0 Å². The lowest BCUT2D eigenvalue weighted by molar-refractivity contribution is -0.151. The molecule has 2 aromatic heterocycles. The van der Waals surface area contributed by atoms with Crippen molar-refractivity contribution in [2.75, 3.05) is 33.9 Å². The number of piperazine rings is 1. The van der Waals surface area contributed by atoms with Crippen LogP contribution in [0, 0.1) is 18.7 Å². The lowest BCUT2D eigenvalue weighted by Gasteiger charge is -2.47. The predicted molar refractivity (Wildman–Crippen MR) is 163 cm³/mol. The number of carbonyl (C=O) groups excluding carboxylic acids is 2. The van der Waals surface area contributed by atoms with Crippen molar-refractivity contribution in [1.82, 2.24) is 25.1 Å². The summed E-state index contributed by atoms with van der Waals surface area (Å²) in [6.07, 6.45) is 3.82. The second-order valence-electron chi connectivity index (χ2n) is 11.3. The molecule has 1 aliphatic rings. The van der Waals surface area contributed by atoms with Crippen LogP contribution in [0.4, 0.5) is 4.39 Å². The van der Waals surface area contributed by atoms with E-state index in [4.69, 9.17) is 9.47 Å². The third kappa shape index (κ3) is 7.37. The molecule has 0 radical (unpaired) electrons. The Balaban J connectivity index is 1.56. The minimum absolute atomic E-state index is 0.0886. The van der Waals surface area contributed by atoms with Crippen LogP contribution in [0.25, 0.3) is 11.3 Å². The first-order chi connectivity index (χ1) is 20.7. The van der Waals surface area contributed by atoms with Gasteiger partial charge in [-0.15, -0.1) is 0 Å². The van der Waals surface area contributed by atoms with E-state index in [1.54, 1.807) is 44.5 Å². The van der Waals surface area contributed by atoms with Crippen LogP contribution in [0.2, 0.25) is 0 Å². The molecule has 1 fully saturated rings. The van der Waals surface area contributed by atoms with Gasteiger partial charge in [0.15, 0.2) is 0 Å². The molecule has 0 saturated carbocycles. The fraction of sp³-hybridized carbons (Fsp3) is 0.455. The molecule has 10 heteroatoms. The second-order valence-corrected chi connectivity index (χ2v) is 11.3. The molecule has 1 aliphatic heterocycles. The molecule has 0 aliphatic carbocycles. The molecule has 0 spiro atoms. The molecule has 1 saturated heterocycles. The third-order valence-electron chi connectivity index (χ3n) is 7.91. The zero-order valence-electron chi connectivity index (χ0n) is 25.8. The summed E-state index contributed by atoms with van der Waals surface area (Å²) in [5, 5.41) is 3.04. The van der Waals surface area contributed by atoms with Crippen molar-refractivity contribution in [3.63, 3.8) is 0 Å². The monoisotopic (exact) mass is 591 g/mol. The Bertz CT molecular complexity index is 1400. The number of hydrogen-bond acceptors (Lipinski definition) is 7. The Kier molecular flexibility index (Phi) is 10.8. The van der Waals surface area contributed by atoms with E-state index in [0.29, 0.717) is 36.6 Å². The fourth-order valence-electron chi connectivity index (χ4n) is 5.63. The Labute approximate surface area is 253 Å². The van der Waals surface area contributed by atoms with Crippen molar-refractivity contribution < 1.29 is 23.5 Å². The predicted octanol–water partition coefficient (Wildman–Crippen LogP) is 4.55. The maximum absolute atomic E-state index is 15.3. The highest BCUT2D eigenvalue weighted by Gasteiger charge is 2.42. The van der Waals surface area contributed by atoms with Crippen molar-refractivity contribution in [1.29, 1.82) is 0 Å². The average molecular weight is 592 g/mol. The SMILES string of the molecule is COCC[C@H](c1nccc(C)c1F)N1C[C@@H](C)N(C(=O)C(C)C)[C@@H](C(=O)NCc2ccc(-c3ncccc3OC)cc2)C1. The smallest absolute Gasteiger partial charge is 0.244 e. The van der Waals surface area contributed by atoms with Crippen LogP contribution in [-0.2, 0) is 20.9 Å². The number of carbonyl (C=O) groups is 2. The molecule has 3 atom stereocenters. The number of amides is 2. The highest BCUT2D eigenvalue weighted by Crippen LogP contribution is 2.31. The Hall–Kier alpha value is -3.89. The normalized spacial score (nSPS) is 18.0. The van der Waals surface area contributed by atoms with E-state index in [2.05, 4.69) is 20.2 Å². The number of ether oxygens (including phenoxy) is 2. The van der Waals surface area contributed by atoms with E-state index in [-0.39, 0.29) is 42.7 Å². The minimum atomic E-state index is -0.756. The number of aryl methyl sites for hydroxylation is 1. The molecule has 2 amide bonds. The lowest BCUT2D eigenvalue weighted by atomic mass is 9.97. The van der Waals surface area contributed by atoms with Crippen molar-refractivity contribution in [3.8, 4) is 17.0 Å². The Morgan fingerprint density at radius 2 is 1.81 bits per heavy atom. The summed E-state index contributed by atoms with van der Waals surface area (Å²) in [6, 6.07) is 11.6. The van der Waals surface area contributed by atoms with E-state index in [9.17, 15) is 9.59 Å². The van der Waals surface area contributed by atoms with Crippen LogP contribution in [0.3, 0.4) is 0 Å². The Morgan fingerprint density at radius 3 is 2.49 bits per heavy atom. The first-order valence-electron chi connectivity index (χ1n) is 14.7. The molecule has 3 heterocycles. The van der Waals surface area contributed by atoms with Crippen LogP contribution in [0.15, 0.2) is 54.9 Å². The number of methoxy groups -OCH3 is 2. The molecule has 9 nitrogen and oxygen atoms in total. The van der Waals surface area contributed by atoms with Crippen molar-refractivity contribution in [3.05, 3.63) is 77.5 Å². The van der Waals surface area contributed by atoms with Gasteiger partial charge in [-0.25, -0.2) is 4.39 Å². The van der Waals surface area contributed by atoms with Gasteiger partial charge < -0.3 is 19.7 Å². The van der Waals surface area contributed by atoms with Crippen LogP contribution >= 0.6 is 0 Å². The summed E-state index contributed by atoms with van der Waals surface area (Å²) >= 11 is 0. The highest BCUT2D eigenvalue weighted by molar-refractivity contribution is 5.89. The molecule has 0 bridgehead atoms. The molecule has 0 unspecified atom stereocenters. The maximum atomic E-state index is 15.3. The van der Waals surface area contributed by atoms with Gasteiger partial charge in [-0.3, -0.25) is 24.5 Å². The number of pyridine rings is 2. The second kappa shape index (κ2) is 14.5. The quantitative estimate of drug-likeness (QED) is 0.350. The summed E-state index contributed by atoms with van der Waals surface area (Å²) in [6.45, 7) is 8.73. The molecule has 4 rings (SSSR count). The van der Waals surface area contributed by atoms with E-state index >= 15 is 4.39 Å². The molecule has 1 N–H and O–H groups in total. The van der Waals surface area contributed by atoms with Gasteiger partial charge in [-0.05, 0) is 49.6 Å². The topological polar surface area (TPSA) is 96.9 Å². The first-order valence-corrected chi connectivity index (χ1v) is 14.7. The van der Waals surface area contributed by atoms with Gasteiger partial charge in [-0.1, -0.05) is 38.1 Å². The third-order valence-corrected chi connectivity index (χ3v) is 7.91. The van der Waals surface area contributed by atoms with E-state index in [1.807, 2.05) is 57.2 Å². The van der Waals surface area contributed by atoms with Crippen molar-refractivity contribution in [2.24, 2.45) is 5.92 Å². The van der Waals surface area contributed by atoms with E-state index in [1.165, 1.54) is 0 Å². The minimum Gasteiger partial charge on any atom is -0.494 e. The van der Waals surface area contributed by atoms with Gasteiger partial charge in [0.2, 0.25) is 11.8 Å². The van der Waals surface area contributed by atoms with Gasteiger partial charge in [0.1, 0.15) is 23.3 Å². The molecule has 43 heavy (non-hydrogen) atoms. The number of rotatable bonds is 11.